The molecule has 1 saturated heterocycles. The van der Waals surface area contributed by atoms with E-state index in [2.05, 4.69) is 61.5 Å². The molecule has 1 aliphatic rings. The second-order valence-electron chi connectivity index (χ2n) is 8.36. The number of nitrogens with zero attached hydrogens (tertiary/aromatic N) is 6. The lowest BCUT2D eigenvalue weighted by Gasteiger charge is -2.34. The fourth-order valence-electron chi connectivity index (χ4n) is 4.23. The molecule has 0 saturated carbocycles. The van der Waals surface area contributed by atoms with Gasteiger partial charge in [0.05, 0.1) is 17.3 Å². The van der Waals surface area contributed by atoms with Crippen molar-refractivity contribution in [3.63, 3.8) is 0 Å². The molecule has 5 rings (SSSR count). The third kappa shape index (κ3) is 3.78. The highest BCUT2D eigenvalue weighted by Gasteiger charge is 2.16. The summed E-state index contributed by atoms with van der Waals surface area (Å²) in [4.78, 5) is 13.6. The second-order valence-corrected chi connectivity index (χ2v) is 8.36. The normalized spacial score (nSPS) is 14.8. The van der Waals surface area contributed by atoms with Crippen molar-refractivity contribution in [1.29, 1.82) is 0 Å². The molecule has 8 heteroatoms. The molecule has 0 amide bonds. The van der Waals surface area contributed by atoms with E-state index in [4.69, 9.17) is 0 Å². The van der Waals surface area contributed by atoms with Crippen LogP contribution in [-0.2, 0) is 0 Å². The summed E-state index contributed by atoms with van der Waals surface area (Å²) in [6.07, 6.45) is 3.29. The van der Waals surface area contributed by atoms with Crippen LogP contribution in [0.15, 0.2) is 48.9 Å². The van der Waals surface area contributed by atoms with Crippen LogP contribution in [0, 0.1) is 19.7 Å². The molecule has 2 aromatic carbocycles. The zero-order valence-electron chi connectivity index (χ0n) is 18.5. The van der Waals surface area contributed by atoms with E-state index in [1.54, 1.807) is 6.20 Å². The highest BCUT2D eigenvalue weighted by molar-refractivity contribution is 5.89. The van der Waals surface area contributed by atoms with Crippen molar-refractivity contribution in [2.45, 2.75) is 13.8 Å². The Morgan fingerprint density at radius 1 is 0.906 bits per heavy atom. The van der Waals surface area contributed by atoms with Gasteiger partial charge >= 0.3 is 0 Å². The van der Waals surface area contributed by atoms with E-state index in [0.29, 0.717) is 11.5 Å². The SMILES string of the molecule is Cc1cc(F)cc(C)c1Nc1ncnc2c1cnn2-c1ccc(N2CCN(C)CC2)cc1. The van der Waals surface area contributed by atoms with Crippen molar-refractivity contribution in [3.05, 3.63) is 65.9 Å². The molecule has 164 valence electrons. The van der Waals surface area contributed by atoms with Crippen molar-refractivity contribution in [2.24, 2.45) is 0 Å². The number of likely N-dealkylation sites (N-methyl/N-ethyl adjacent to an activating group) is 1. The van der Waals surface area contributed by atoms with Crippen LogP contribution < -0.4 is 10.2 Å². The molecular weight excluding hydrogens is 405 g/mol. The summed E-state index contributed by atoms with van der Waals surface area (Å²) < 4.78 is 15.5. The molecule has 4 aromatic rings. The van der Waals surface area contributed by atoms with Crippen molar-refractivity contribution in [3.8, 4) is 5.69 Å². The van der Waals surface area contributed by atoms with E-state index < -0.39 is 0 Å². The van der Waals surface area contributed by atoms with Gasteiger partial charge in [0.2, 0.25) is 0 Å². The van der Waals surface area contributed by atoms with Gasteiger partial charge in [-0.3, -0.25) is 0 Å². The van der Waals surface area contributed by atoms with Gasteiger partial charge < -0.3 is 15.1 Å². The standard InChI is InChI=1S/C24H26FN7/c1-16-12-18(25)13-17(2)22(16)29-23-21-14-28-32(24(21)27-15-26-23)20-6-4-19(5-7-20)31-10-8-30(3)9-11-31/h4-7,12-15H,8-11H2,1-3H3,(H,26,27,29). The number of piperazine rings is 1. The number of hydrogen-bond acceptors (Lipinski definition) is 6. The molecule has 1 aliphatic heterocycles. The van der Waals surface area contributed by atoms with Gasteiger partial charge in [0.15, 0.2) is 5.65 Å². The summed E-state index contributed by atoms with van der Waals surface area (Å²) in [5.74, 6) is 0.402. The Balaban J connectivity index is 1.44. The first kappa shape index (κ1) is 20.4. The van der Waals surface area contributed by atoms with Gasteiger partial charge in [-0.15, -0.1) is 0 Å². The summed E-state index contributed by atoms with van der Waals surface area (Å²) in [5.41, 5.74) is 5.36. The fourth-order valence-corrected chi connectivity index (χ4v) is 4.23. The van der Waals surface area contributed by atoms with Crippen molar-refractivity contribution in [2.75, 3.05) is 43.4 Å². The minimum absolute atomic E-state index is 0.244. The Hall–Kier alpha value is -3.52. The first-order valence-electron chi connectivity index (χ1n) is 10.8. The topological polar surface area (TPSA) is 62.1 Å². The number of rotatable bonds is 4. The van der Waals surface area contributed by atoms with E-state index in [-0.39, 0.29) is 5.82 Å². The average molecular weight is 432 g/mol. The number of hydrogen-bond donors (Lipinski definition) is 1. The van der Waals surface area contributed by atoms with Crippen LogP contribution in [0.2, 0.25) is 0 Å². The predicted molar refractivity (Wildman–Crippen MR) is 126 cm³/mol. The van der Waals surface area contributed by atoms with Crippen molar-refractivity contribution in [1.82, 2.24) is 24.6 Å². The molecule has 0 radical (unpaired) electrons. The number of aromatic nitrogens is 4. The van der Waals surface area contributed by atoms with Crippen LogP contribution in [0.4, 0.5) is 21.6 Å². The van der Waals surface area contributed by atoms with Crippen molar-refractivity contribution >= 4 is 28.2 Å². The van der Waals surface area contributed by atoms with Gasteiger partial charge in [0.25, 0.3) is 0 Å². The van der Waals surface area contributed by atoms with E-state index in [1.165, 1.54) is 24.1 Å². The molecule has 0 unspecified atom stereocenters. The lowest BCUT2D eigenvalue weighted by Crippen LogP contribution is -2.44. The average Bonchev–Trinajstić information content (AvgIpc) is 3.22. The number of halogens is 1. The number of benzene rings is 2. The fraction of sp³-hybridized carbons (Fsp3) is 0.292. The van der Waals surface area contributed by atoms with Crippen LogP contribution in [0.1, 0.15) is 11.1 Å². The molecular formula is C24H26FN7. The largest absolute Gasteiger partial charge is 0.369 e. The molecule has 0 atom stereocenters. The van der Waals surface area contributed by atoms with Gasteiger partial charge in [-0.1, -0.05) is 0 Å². The number of anilines is 3. The number of aryl methyl sites for hydroxylation is 2. The molecule has 3 heterocycles. The molecule has 0 aliphatic carbocycles. The third-order valence-electron chi connectivity index (χ3n) is 6.07. The molecule has 0 spiro atoms. The number of nitrogens with one attached hydrogen (secondary N) is 1. The maximum absolute atomic E-state index is 13.7. The summed E-state index contributed by atoms with van der Waals surface area (Å²) in [7, 11) is 2.16. The Morgan fingerprint density at radius 2 is 1.56 bits per heavy atom. The molecule has 0 bridgehead atoms. The van der Waals surface area contributed by atoms with Crippen LogP contribution >= 0.6 is 0 Å². The Bertz CT molecular complexity index is 1230. The lowest BCUT2D eigenvalue weighted by atomic mass is 10.1. The van der Waals surface area contributed by atoms with E-state index in [1.807, 2.05) is 18.5 Å². The smallest absolute Gasteiger partial charge is 0.168 e. The Morgan fingerprint density at radius 3 is 2.25 bits per heavy atom. The maximum atomic E-state index is 13.7. The van der Waals surface area contributed by atoms with E-state index in [9.17, 15) is 4.39 Å². The minimum atomic E-state index is -0.244. The monoisotopic (exact) mass is 431 g/mol. The summed E-state index contributed by atoms with van der Waals surface area (Å²) >= 11 is 0. The lowest BCUT2D eigenvalue weighted by molar-refractivity contribution is 0.313. The molecule has 32 heavy (non-hydrogen) atoms. The van der Waals surface area contributed by atoms with Crippen LogP contribution in [0.25, 0.3) is 16.7 Å². The third-order valence-corrected chi connectivity index (χ3v) is 6.07. The maximum Gasteiger partial charge on any atom is 0.168 e. The van der Waals surface area contributed by atoms with Gasteiger partial charge in [0, 0.05) is 37.6 Å². The Kier molecular flexibility index (Phi) is 5.22. The first-order valence-corrected chi connectivity index (χ1v) is 10.8. The van der Waals surface area contributed by atoms with E-state index in [0.717, 1.165) is 54.1 Å². The number of fused-ring (bicyclic) bond motifs is 1. The van der Waals surface area contributed by atoms with Crippen LogP contribution in [0.5, 0.6) is 0 Å². The molecule has 7 nitrogen and oxygen atoms in total. The second kappa shape index (κ2) is 8.20. The minimum Gasteiger partial charge on any atom is -0.369 e. The molecule has 1 N–H and O–H groups in total. The zero-order chi connectivity index (χ0) is 22.2. The quantitative estimate of drug-likeness (QED) is 0.526. The summed E-state index contributed by atoms with van der Waals surface area (Å²) in [6.45, 7) is 7.97. The van der Waals surface area contributed by atoms with Crippen molar-refractivity contribution < 1.29 is 4.39 Å². The van der Waals surface area contributed by atoms with E-state index >= 15 is 0 Å². The molecule has 2 aromatic heterocycles. The highest BCUT2D eigenvalue weighted by atomic mass is 19.1. The molecule has 1 fully saturated rings. The zero-order valence-corrected chi connectivity index (χ0v) is 18.5. The first-order chi connectivity index (χ1) is 15.5. The van der Waals surface area contributed by atoms with Gasteiger partial charge in [-0.05, 0) is 68.4 Å². The van der Waals surface area contributed by atoms with Crippen LogP contribution in [-0.4, -0.2) is 57.9 Å². The Labute approximate surface area is 186 Å². The summed E-state index contributed by atoms with van der Waals surface area (Å²) in [6, 6.07) is 11.4. The van der Waals surface area contributed by atoms with Crippen LogP contribution in [0.3, 0.4) is 0 Å². The van der Waals surface area contributed by atoms with Gasteiger partial charge in [0.1, 0.15) is 18.0 Å². The predicted octanol–water partition coefficient (Wildman–Crippen LogP) is 4.07. The highest BCUT2D eigenvalue weighted by Crippen LogP contribution is 2.29. The van der Waals surface area contributed by atoms with Gasteiger partial charge in [-0.2, -0.15) is 5.10 Å². The summed E-state index contributed by atoms with van der Waals surface area (Å²) in [5, 5.41) is 8.73. The van der Waals surface area contributed by atoms with Gasteiger partial charge in [-0.25, -0.2) is 19.0 Å².